The molecule has 2 heterocycles. The van der Waals surface area contributed by atoms with Gasteiger partial charge in [0.25, 0.3) is 0 Å². The van der Waals surface area contributed by atoms with Crippen molar-refractivity contribution in [3.63, 3.8) is 0 Å². The van der Waals surface area contributed by atoms with Crippen molar-refractivity contribution in [2.45, 2.75) is 11.7 Å². The molecule has 0 saturated carbocycles. The standard InChI is InChI=1S/C18H19NO4S/c20-18(9-8-16-7-4-13-23-16)19-11-10-17(24(21,22)14-12-19)15-5-2-1-3-6-15/h1-9,13,17H,10-12,14H2/b9-8+/t17-/m0/s1. The van der Waals surface area contributed by atoms with Crippen LogP contribution < -0.4 is 0 Å². The Morgan fingerprint density at radius 2 is 1.92 bits per heavy atom. The number of sulfone groups is 1. The fraction of sp³-hybridized carbons (Fsp3) is 0.278. The van der Waals surface area contributed by atoms with Gasteiger partial charge in [0, 0.05) is 19.2 Å². The third-order valence-electron chi connectivity index (χ3n) is 4.16. The zero-order valence-electron chi connectivity index (χ0n) is 13.2. The van der Waals surface area contributed by atoms with Crippen LogP contribution in [-0.2, 0) is 14.6 Å². The number of carbonyl (C=O) groups excluding carboxylic acids is 1. The van der Waals surface area contributed by atoms with Crippen LogP contribution in [0.1, 0.15) is 23.0 Å². The predicted octanol–water partition coefficient (Wildman–Crippen LogP) is 2.68. The molecule has 0 aliphatic carbocycles. The first-order valence-electron chi connectivity index (χ1n) is 7.83. The Morgan fingerprint density at radius 3 is 2.62 bits per heavy atom. The zero-order valence-corrected chi connectivity index (χ0v) is 14.0. The number of hydrogen-bond donors (Lipinski definition) is 0. The van der Waals surface area contributed by atoms with Crippen molar-refractivity contribution in [1.82, 2.24) is 4.90 Å². The topological polar surface area (TPSA) is 67.6 Å². The van der Waals surface area contributed by atoms with Gasteiger partial charge in [-0.2, -0.15) is 0 Å². The molecule has 1 saturated heterocycles. The van der Waals surface area contributed by atoms with Gasteiger partial charge < -0.3 is 9.32 Å². The van der Waals surface area contributed by atoms with Crippen LogP contribution in [0.4, 0.5) is 0 Å². The third-order valence-corrected chi connectivity index (χ3v) is 6.28. The number of hydrogen-bond acceptors (Lipinski definition) is 4. The molecule has 5 nitrogen and oxygen atoms in total. The van der Waals surface area contributed by atoms with Crippen molar-refractivity contribution in [2.75, 3.05) is 18.8 Å². The molecule has 1 aliphatic heterocycles. The molecule has 126 valence electrons. The van der Waals surface area contributed by atoms with Gasteiger partial charge in [0.15, 0.2) is 9.84 Å². The molecule has 6 heteroatoms. The maximum Gasteiger partial charge on any atom is 0.246 e. The second-order valence-electron chi connectivity index (χ2n) is 5.73. The van der Waals surface area contributed by atoms with E-state index in [4.69, 9.17) is 4.42 Å². The smallest absolute Gasteiger partial charge is 0.246 e. The van der Waals surface area contributed by atoms with E-state index in [-0.39, 0.29) is 18.2 Å². The predicted molar refractivity (Wildman–Crippen MR) is 91.9 cm³/mol. The van der Waals surface area contributed by atoms with Crippen LogP contribution in [0.15, 0.2) is 59.2 Å². The Labute approximate surface area is 141 Å². The molecular weight excluding hydrogens is 326 g/mol. The summed E-state index contributed by atoms with van der Waals surface area (Å²) in [6.07, 6.45) is 4.96. The summed E-state index contributed by atoms with van der Waals surface area (Å²) < 4.78 is 30.2. The van der Waals surface area contributed by atoms with Crippen LogP contribution in [0, 0.1) is 0 Å². The number of carbonyl (C=O) groups is 1. The molecule has 0 N–H and O–H groups in total. The van der Waals surface area contributed by atoms with Gasteiger partial charge in [-0.15, -0.1) is 0 Å². The molecule has 0 spiro atoms. The highest BCUT2D eigenvalue weighted by atomic mass is 32.2. The number of nitrogens with zero attached hydrogens (tertiary/aromatic N) is 1. The molecule has 1 fully saturated rings. The van der Waals surface area contributed by atoms with Crippen molar-refractivity contribution in [1.29, 1.82) is 0 Å². The van der Waals surface area contributed by atoms with Crippen LogP contribution in [0.25, 0.3) is 6.08 Å². The molecule has 0 bridgehead atoms. The first kappa shape index (κ1) is 16.5. The highest BCUT2D eigenvalue weighted by molar-refractivity contribution is 7.91. The van der Waals surface area contributed by atoms with E-state index in [9.17, 15) is 13.2 Å². The van der Waals surface area contributed by atoms with Crippen LogP contribution in [0.2, 0.25) is 0 Å². The van der Waals surface area contributed by atoms with Gasteiger partial charge in [0.05, 0.1) is 17.3 Å². The third kappa shape index (κ3) is 3.76. The van der Waals surface area contributed by atoms with E-state index in [1.807, 2.05) is 30.3 Å². The van der Waals surface area contributed by atoms with Gasteiger partial charge in [0.1, 0.15) is 5.76 Å². The van der Waals surface area contributed by atoms with Gasteiger partial charge >= 0.3 is 0 Å². The number of rotatable bonds is 3. The fourth-order valence-electron chi connectivity index (χ4n) is 2.85. The lowest BCUT2D eigenvalue weighted by molar-refractivity contribution is -0.125. The van der Waals surface area contributed by atoms with E-state index < -0.39 is 15.1 Å². The minimum atomic E-state index is -3.27. The summed E-state index contributed by atoms with van der Waals surface area (Å²) in [5.41, 5.74) is 0.790. The van der Waals surface area contributed by atoms with E-state index in [2.05, 4.69) is 0 Å². The maximum absolute atomic E-state index is 12.5. The Bertz CT molecular complexity index is 810. The second kappa shape index (κ2) is 7.05. The lowest BCUT2D eigenvalue weighted by atomic mass is 10.1. The van der Waals surface area contributed by atoms with E-state index in [0.717, 1.165) is 5.56 Å². The van der Waals surface area contributed by atoms with Gasteiger partial charge in [0.2, 0.25) is 5.91 Å². The summed E-state index contributed by atoms with van der Waals surface area (Å²) in [7, 11) is -3.27. The van der Waals surface area contributed by atoms with Gasteiger partial charge in [-0.05, 0) is 30.2 Å². The number of furan rings is 1. The summed E-state index contributed by atoms with van der Waals surface area (Å²) in [6, 6.07) is 12.7. The molecule has 0 radical (unpaired) electrons. The van der Waals surface area contributed by atoms with E-state index in [0.29, 0.717) is 18.7 Å². The first-order valence-corrected chi connectivity index (χ1v) is 9.55. The zero-order chi connectivity index (χ0) is 17.0. The molecule has 1 aromatic carbocycles. The molecule has 1 aromatic heterocycles. The highest BCUT2D eigenvalue weighted by Crippen LogP contribution is 2.29. The minimum Gasteiger partial charge on any atom is -0.465 e. The number of benzene rings is 1. The number of amides is 1. The van der Waals surface area contributed by atoms with Crippen molar-refractivity contribution in [3.05, 3.63) is 66.1 Å². The summed E-state index contributed by atoms with van der Waals surface area (Å²) in [6.45, 7) is 0.632. The Kier molecular flexibility index (Phi) is 4.85. The lowest BCUT2D eigenvalue weighted by Crippen LogP contribution is -2.32. The quantitative estimate of drug-likeness (QED) is 0.802. The molecule has 1 atom stereocenters. The average Bonchev–Trinajstić information content (AvgIpc) is 3.04. The van der Waals surface area contributed by atoms with Crippen molar-refractivity contribution in [2.24, 2.45) is 0 Å². The summed E-state index contributed by atoms with van der Waals surface area (Å²) in [5, 5.41) is -0.550. The van der Waals surface area contributed by atoms with Gasteiger partial charge in [-0.25, -0.2) is 8.42 Å². The Morgan fingerprint density at radius 1 is 1.12 bits per heavy atom. The molecule has 2 aromatic rings. The Hall–Kier alpha value is -2.34. The lowest BCUT2D eigenvalue weighted by Gasteiger charge is -2.18. The molecule has 1 amide bonds. The van der Waals surface area contributed by atoms with Gasteiger partial charge in [-0.1, -0.05) is 30.3 Å². The Balaban J connectivity index is 1.73. The minimum absolute atomic E-state index is 0.0209. The van der Waals surface area contributed by atoms with Crippen molar-refractivity contribution >= 4 is 21.8 Å². The van der Waals surface area contributed by atoms with E-state index in [1.54, 1.807) is 23.1 Å². The van der Waals surface area contributed by atoms with Crippen molar-refractivity contribution in [3.8, 4) is 0 Å². The van der Waals surface area contributed by atoms with Crippen LogP contribution in [-0.4, -0.2) is 38.1 Å². The maximum atomic E-state index is 12.5. The highest BCUT2D eigenvalue weighted by Gasteiger charge is 2.32. The summed E-state index contributed by atoms with van der Waals surface area (Å²) in [5.74, 6) is 0.371. The second-order valence-corrected chi connectivity index (χ2v) is 8.03. The van der Waals surface area contributed by atoms with Crippen molar-refractivity contribution < 1.29 is 17.6 Å². The molecule has 1 aliphatic rings. The normalized spacial score (nSPS) is 20.8. The molecule has 0 unspecified atom stereocenters. The van der Waals surface area contributed by atoms with E-state index in [1.165, 1.54) is 12.3 Å². The molecule has 24 heavy (non-hydrogen) atoms. The van der Waals surface area contributed by atoms with E-state index >= 15 is 0 Å². The average molecular weight is 345 g/mol. The molecule has 3 rings (SSSR count). The SMILES string of the molecule is O=C(/C=C/c1ccco1)N1CC[C@@H](c2ccccc2)S(=O)(=O)CC1. The summed E-state index contributed by atoms with van der Waals surface area (Å²) in [4.78, 5) is 13.9. The summed E-state index contributed by atoms with van der Waals surface area (Å²) >= 11 is 0. The van der Waals surface area contributed by atoms with Crippen LogP contribution in [0.5, 0.6) is 0 Å². The largest absolute Gasteiger partial charge is 0.465 e. The molecular formula is C18H19NO4S. The van der Waals surface area contributed by atoms with Crippen LogP contribution >= 0.6 is 0 Å². The van der Waals surface area contributed by atoms with Gasteiger partial charge in [-0.3, -0.25) is 4.79 Å². The van der Waals surface area contributed by atoms with Crippen LogP contribution in [0.3, 0.4) is 0 Å². The fourth-order valence-corrected chi connectivity index (χ4v) is 4.65. The monoisotopic (exact) mass is 345 g/mol. The first-order chi connectivity index (χ1) is 11.6.